The summed E-state index contributed by atoms with van der Waals surface area (Å²) in [6, 6.07) is 6.55. The molecular weight excluding hydrogens is 355 g/mol. The number of piperazine rings is 1. The van der Waals surface area contributed by atoms with Crippen LogP contribution in [0.25, 0.3) is 0 Å². The van der Waals surface area contributed by atoms with E-state index in [4.69, 9.17) is 9.85 Å². The Morgan fingerprint density at radius 2 is 2.11 bits per heavy atom. The van der Waals surface area contributed by atoms with E-state index in [2.05, 4.69) is 11.5 Å². The van der Waals surface area contributed by atoms with Crippen LogP contribution in [0.5, 0.6) is 0 Å². The first-order valence-corrected chi connectivity index (χ1v) is 10.1. The molecule has 1 saturated carbocycles. The van der Waals surface area contributed by atoms with Gasteiger partial charge >= 0.3 is 0 Å². The monoisotopic (exact) mass is 391 g/mol. The zero-order valence-electron chi connectivity index (χ0n) is 19.4. The van der Waals surface area contributed by atoms with Crippen LogP contribution in [0.1, 0.15) is 34.9 Å². The maximum Gasteiger partial charge on any atom is 0.239 e. The maximum atomic E-state index is 13.2. The molecule has 2 N–H and O–H groups in total. The Labute approximate surface area is 172 Å². The second kappa shape index (κ2) is 9.63. The summed E-state index contributed by atoms with van der Waals surface area (Å²) in [5, 5.41) is 0. The molecule has 5 nitrogen and oxygen atoms in total. The molecule has 6 heteroatoms. The third-order valence-electron chi connectivity index (χ3n) is 5.76. The van der Waals surface area contributed by atoms with Crippen LogP contribution in [0, 0.1) is 5.82 Å². The topological polar surface area (TPSA) is 52.8 Å². The summed E-state index contributed by atoms with van der Waals surface area (Å²) in [7, 11) is 0. The minimum atomic E-state index is -2.11. The van der Waals surface area contributed by atoms with Gasteiger partial charge in [0.15, 0.2) is 0 Å². The number of nitrogens with zero attached hydrogens (tertiary/aromatic N) is 3. The molecule has 28 heavy (non-hydrogen) atoms. The Kier molecular flexibility index (Phi) is 5.89. The van der Waals surface area contributed by atoms with Crippen LogP contribution in [-0.4, -0.2) is 78.9 Å². The summed E-state index contributed by atoms with van der Waals surface area (Å²) in [5.41, 5.74) is 7.32. The Bertz CT molecular complexity index is 750. The van der Waals surface area contributed by atoms with Gasteiger partial charge in [-0.3, -0.25) is 9.69 Å². The summed E-state index contributed by atoms with van der Waals surface area (Å²) in [6.45, 7) is 4.81. The van der Waals surface area contributed by atoms with Crippen molar-refractivity contribution in [2.45, 2.75) is 37.3 Å². The molecule has 1 saturated heterocycles. The lowest BCUT2D eigenvalue weighted by molar-refractivity contribution is -0.134. The highest BCUT2D eigenvalue weighted by molar-refractivity contribution is 5.81. The largest absolute Gasteiger partial charge is 0.339 e. The number of amides is 1. The highest BCUT2D eigenvalue weighted by Gasteiger charge is 2.42. The molecule has 1 unspecified atom stereocenters. The predicted molar refractivity (Wildman–Crippen MR) is 111 cm³/mol. The van der Waals surface area contributed by atoms with Gasteiger partial charge in [-0.2, -0.15) is 0 Å². The Hall–Kier alpha value is -1.76. The molecule has 0 spiro atoms. The second-order valence-electron chi connectivity index (χ2n) is 7.81. The Balaban J connectivity index is 1.43. The minimum absolute atomic E-state index is 0.101. The molecule has 0 aromatic heterocycles. The molecule has 2 aliphatic rings. The molecule has 1 heterocycles. The summed E-state index contributed by atoms with van der Waals surface area (Å²) in [6.07, 6.45) is 4.30. The zero-order chi connectivity index (χ0) is 22.6. The molecule has 0 radical (unpaired) electrons. The van der Waals surface area contributed by atoms with Crippen LogP contribution >= 0.6 is 0 Å². The fourth-order valence-corrected chi connectivity index (χ4v) is 4.01. The van der Waals surface area contributed by atoms with Gasteiger partial charge in [0.25, 0.3) is 0 Å². The van der Waals surface area contributed by atoms with Crippen molar-refractivity contribution in [1.29, 1.82) is 0 Å². The number of hydrogen-bond donors (Lipinski definition) is 1. The molecule has 1 aliphatic carbocycles. The second-order valence-corrected chi connectivity index (χ2v) is 7.81. The van der Waals surface area contributed by atoms with E-state index >= 15 is 0 Å². The van der Waals surface area contributed by atoms with Gasteiger partial charge in [-0.15, -0.1) is 6.58 Å². The van der Waals surface area contributed by atoms with E-state index < -0.39 is 13.0 Å². The molecule has 1 amide bonds. The molecule has 1 aliphatic heterocycles. The van der Waals surface area contributed by atoms with E-state index in [-0.39, 0.29) is 11.7 Å². The molecule has 3 atom stereocenters. The number of benzene rings is 1. The predicted octanol–water partition coefficient (Wildman–Crippen LogP) is 2.05. The first kappa shape index (κ1) is 17.1. The standard InChI is InChI=1S/C22H33FN4O/c1-3-10-26(21-16-19(21)17-6-8-18(23)9-7-17)11-4-5-20(24)22(28)27-14-12-25(2)13-15-27/h3,6-9,19-21H,1,4-5,10-16,24H2,2H3/t19-,20-,21?/m0/s1/i2D3. The van der Waals surface area contributed by atoms with Gasteiger partial charge in [0.05, 0.1) is 6.04 Å². The molecule has 2 fully saturated rings. The van der Waals surface area contributed by atoms with Crippen LogP contribution in [0.3, 0.4) is 0 Å². The van der Waals surface area contributed by atoms with Gasteiger partial charge in [-0.25, -0.2) is 4.39 Å². The molecule has 1 aromatic carbocycles. The number of nitrogens with two attached hydrogens (primary N) is 1. The summed E-state index contributed by atoms with van der Waals surface area (Å²) >= 11 is 0. The van der Waals surface area contributed by atoms with Gasteiger partial charge in [0.2, 0.25) is 5.91 Å². The molecule has 154 valence electrons. The van der Waals surface area contributed by atoms with Gasteiger partial charge in [-0.1, -0.05) is 18.2 Å². The van der Waals surface area contributed by atoms with Gasteiger partial charge in [-0.05, 0) is 50.5 Å². The quantitative estimate of drug-likeness (QED) is 0.655. The Morgan fingerprint density at radius 3 is 2.75 bits per heavy atom. The highest BCUT2D eigenvalue weighted by Crippen LogP contribution is 2.44. The summed E-state index contributed by atoms with van der Waals surface area (Å²) < 4.78 is 35.6. The van der Waals surface area contributed by atoms with Crippen molar-refractivity contribution in [1.82, 2.24) is 14.7 Å². The normalized spacial score (nSPS) is 25.7. The van der Waals surface area contributed by atoms with Crippen molar-refractivity contribution in [3.63, 3.8) is 0 Å². The first-order chi connectivity index (χ1) is 14.7. The van der Waals surface area contributed by atoms with E-state index in [1.165, 1.54) is 17.0 Å². The number of likely N-dealkylation sites (N-methyl/N-ethyl adjacent to an activating group) is 1. The van der Waals surface area contributed by atoms with Crippen molar-refractivity contribution in [3.05, 3.63) is 48.3 Å². The fraction of sp³-hybridized carbons (Fsp3) is 0.591. The van der Waals surface area contributed by atoms with Crippen LogP contribution in [-0.2, 0) is 4.79 Å². The summed E-state index contributed by atoms with van der Waals surface area (Å²) in [4.78, 5) is 18.1. The summed E-state index contributed by atoms with van der Waals surface area (Å²) in [5.74, 6) is 0.0869. The number of carbonyl (C=O) groups is 1. The lowest BCUT2D eigenvalue weighted by Crippen LogP contribution is -2.52. The van der Waals surface area contributed by atoms with E-state index in [0.29, 0.717) is 44.6 Å². The number of rotatable bonds is 9. The molecular formula is C22H33FN4O. The average molecular weight is 392 g/mol. The van der Waals surface area contributed by atoms with Crippen molar-refractivity contribution in [2.24, 2.45) is 5.73 Å². The van der Waals surface area contributed by atoms with E-state index in [1.807, 2.05) is 18.2 Å². The van der Waals surface area contributed by atoms with Gasteiger partial charge < -0.3 is 15.5 Å². The average Bonchev–Trinajstić information content (AvgIpc) is 3.53. The van der Waals surface area contributed by atoms with Crippen molar-refractivity contribution in [3.8, 4) is 0 Å². The maximum absolute atomic E-state index is 13.2. The third-order valence-corrected chi connectivity index (χ3v) is 5.76. The van der Waals surface area contributed by atoms with Crippen molar-refractivity contribution >= 4 is 5.91 Å². The van der Waals surface area contributed by atoms with Crippen molar-refractivity contribution < 1.29 is 13.3 Å². The van der Waals surface area contributed by atoms with Crippen LogP contribution < -0.4 is 5.73 Å². The van der Waals surface area contributed by atoms with Gasteiger partial charge in [0.1, 0.15) is 5.82 Å². The number of halogens is 1. The minimum Gasteiger partial charge on any atom is -0.339 e. The fourth-order valence-electron chi connectivity index (χ4n) is 4.01. The first-order valence-electron chi connectivity index (χ1n) is 11.6. The van der Waals surface area contributed by atoms with Crippen LogP contribution in [0.2, 0.25) is 0 Å². The zero-order valence-corrected chi connectivity index (χ0v) is 16.4. The lowest BCUT2D eigenvalue weighted by Gasteiger charge is -2.34. The van der Waals surface area contributed by atoms with Crippen LogP contribution in [0.15, 0.2) is 36.9 Å². The van der Waals surface area contributed by atoms with Gasteiger partial charge in [0, 0.05) is 48.8 Å². The lowest BCUT2D eigenvalue weighted by atomic mass is 10.1. The molecule has 3 rings (SSSR count). The Morgan fingerprint density at radius 1 is 1.39 bits per heavy atom. The SMILES string of the molecule is [2H]C([2H])([2H])N1CCN(C(=O)[C@@H](N)CCCN(CC=C)C2C[C@H]2c2ccc(F)cc2)CC1. The molecule has 0 bridgehead atoms. The van der Waals surface area contributed by atoms with Crippen LogP contribution in [0.4, 0.5) is 4.39 Å². The molecule has 1 aromatic rings. The van der Waals surface area contributed by atoms with E-state index in [1.54, 1.807) is 4.90 Å². The van der Waals surface area contributed by atoms with Crippen molar-refractivity contribution in [2.75, 3.05) is 46.2 Å². The number of carbonyl (C=O) groups excluding carboxylic acids is 1. The van der Waals surface area contributed by atoms with E-state index in [0.717, 1.165) is 31.5 Å². The van der Waals surface area contributed by atoms with E-state index in [9.17, 15) is 9.18 Å². The third kappa shape index (κ3) is 5.40. The highest BCUT2D eigenvalue weighted by atomic mass is 19.1. The smallest absolute Gasteiger partial charge is 0.239 e. The number of hydrogen-bond acceptors (Lipinski definition) is 4.